The highest BCUT2D eigenvalue weighted by Gasteiger charge is 2.06. The van der Waals surface area contributed by atoms with E-state index in [-0.39, 0.29) is 11.1 Å². The average Bonchev–Trinajstić information content (AvgIpc) is 3.13. The first-order chi connectivity index (χ1) is 12.1. The van der Waals surface area contributed by atoms with E-state index in [1.54, 1.807) is 12.1 Å². The standard InChI is InChI=1S/C17H14N2O4S2/c20-15-10-13(14-2-1-8-24-14)18-17(19-15)25-9-7-23-12-5-3-11(4-6-12)16(21)22/h1-6,8,10H,7,9H2,(H,21,22)(H,18,19,20). The van der Waals surface area contributed by atoms with Crippen LogP contribution in [0.2, 0.25) is 0 Å². The number of aromatic carboxylic acids is 1. The van der Waals surface area contributed by atoms with Gasteiger partial charge in [0.05, 0.1) is 22.7 Å². The van der Waals surface area contributed by atoms with E-state index in [4.69, 9.17) is 9.84 Å². The number of carbonyl (C=O) groups is 1. The van der Waals surface area contributed by atoms with Crippen molar-refractivity contribution in [1.82, 2.24) is 9.97 Å². The lowest BCUT2D eigenvalue weighted by atomic mass is 10.2. The Labute approximate surface area is 151 Å². The van der Waals surface area contributed by atoms with Gasteiger partial charge in [0.1, 0.15) is 5.75 Å². The number of aromatic amines is 1. The maximum atomic E-state index is 11.8. The first kappa shape index (κ1) is 17.2. The number of hydrogen-bond acceptors (Lipinski definition) is 6. The molecule has 0 saturated heterocycles. The fraction of sp³-hybridized carbons (Fsp3) is 0.118. The Morgan fingerprint density at radius 3 is 2.76 bits per heavy atom. The normalized spacial score (nSPS) is 10.6. The van der Waals surface area contributed by atoms with Crippen molar-refractivity contribution in [1.29, 1.82) is 0 Å². The third-order valence-corrected chi connectivity index (χ3v) is 4.92. The van der Waals surface area contributed by atoms with Crippen LogP contribution < -0.4 is 10.3 Å². The molecule has 3 rings (SSSR count). The highest BCUT2D eigenvalue weighted by molar-refractivity contribution is 7.99. The molecule has 0 saturated carbocycles. The molecule has 2 aromatic heterocycles. The minimum absolute atomic E-state index is 0.189. The molecule has 0 aliphatic rings. The molecule has 0 radical (unpaired) electrons. The average molecular weight is 374 g/mol. The maximum Gasteiger partial charge on any atom is 0.335 e. The van der Waals surface area contributed by atoms with Crippen LogP contribution >= 0.6 is 23.1 Å². The number of carboxylic acids is 1. The van der Waals surface area contributed by atoms with Crippen LogP contribution in [-0.4, -0.2) is 33.4 Å². The maximum absolute atomic E-state index is 11.8. The molecule has 0 spiro atoms. The predicted octanol–water partition coefficient (Wildman–Crippen LogP) is 3.37. The van der Waals surface area contributed by atoms with Crippen LogP contribution in [0, 0.1) is 0 Å². The lowest BCUT2D eigenvalue weighted by molar-refractivity contribution is 0.0697. The number of nitrogens with zero attached hydrogens (tertiary/aromatic N) is 1. The van der Waals surface area contributed by atoms with Crippen molar-refractivity contribution in [2.45, 2.75) is 5.16 Å². The van der Waals surface area contributed by atoms with E-state index in [2.05, 4.69) is 9.97 Å². The molecule has 0 bridgehead atoms. The minimum Gasteiger partial charge on any atom is -0.493 e. The van der Waals surface area contributed by atoms with Gasteiger partial charge in [-0.15, -0.1) is 11.3 Å². The fourth-order valence-electron chi connectivity index (χ4n) is 2.05. The van der Waals surface area contributed by atoms with Gasteiger partial charge in [-0.25, -0.2) is 9.78 Å². The number of aromatic nitrogens is 2. The van der Waals surface area contributed by atoms with Gasteiger partial charge in [0.2, 0.25) is 0 Å². The first-order valence-corrected chi connectivity index (χ1v) is 9.22. The fourth-order valence-corrected chi connectivity index (χ4v) is 3.43. The first-order valence-electron chi connectivity index (χ1n) is 7.36. The third-order valence-electron chi connectivity index (χ3n) is 3.19. The summed E-state index contributed by atoms with van der Waals surface area (Å²) in [4.78, 5) is 30.7. The van der Waals surface area contributed by atoms with Crippen molar-refractivity contribution < 1.29 is 14.6 Å². The summed E-state index contributed by atoms with van der Waals surface area (Å²) in [6.45, 7) is 0.407. The second-order valence-corrected chi connectivity index (χ2v) is 6.97. The van der Waals surface area contributed by atoms with Gasteiger partial charge < -0.3 is 14.8 Å². The molecule has 0 amide bonds. The van der Waals surface area contributed by atoms with Crippen LogP contribution in [0.1, 0.15) is 10.4 Å². The molecular weight excluding hydrogens is 360 g/mol. The zero-order valence-corrected chi connectivity index (χ0v) is 14.6. The zero-order valence-electron chi connectivity index (χ0n) is 13.0. The van der Waals surface area contributed by atoms with E-state index in [1.807, 2.05) is 17.5 Å². The van der Waals surface area contributed by atoms with Gasteiger partial charge in [0.15, 0.2) is 5.16 Å². The van der Waals surface area contributed by atoms with E-state index in [9.17, 15) is 9.59 Å². The van der Waals surface area contributed by atoms with Crippen molar-refractivity contribution in [3.8, 4) is 16.3 Å². The monoisotopic (exact) mass is 374 g/mol. The summed E-state index contributed by atoms with van der Waals surface area (Å²) < 4.78 is 5.56. The van der Waals surface area contributed by atoms with Gasteiger partial charge in [-0.2, -0.15) is 0 Å². The second-order valence-electron chi connectivity index (χ2n) is 4.94. The number of nitrogens with one attached hydrogen (secondary N) is 1. The molecule has 2 heterocycles. The number of rotatable bonds is 7. The lowest BCUT2D eigenvalue weighted by Crippen LogP contribution is -2.09. The van der Waals surface area contributed by atoms with Crippen molar-refractivity contribution in [3.63, 3.8) is 0 Å². The highest BCUT2D eigenvalue weighted by Crippen LogP contribution is 2.23. The number of carboxylic acid groups (broad SMARTS) is 1. The molecule has 0 atom stereocenters. The number of thiophene rings is 1. The Hall–Kier alpha value is -2.58. The Kier molecular flexibility index (Phi) is 5.52. The molecule has 2 N–H and O–H groups in total. The molecule has 1 aromatic carbocycles. The van der Waals surface area contributed by atoms with Crippen LogP contribution in [0.5, 0.6) is 5.75 Å². The molecular formula is C17H14N2O4S2. The number of thioether (sulfide) groups is 1. The van der Waals surface area contributed by atoms with Gasteiger partial charge in [-0.3, -0.25) is 4.79 Å². The van der Waals surface area contributed by atoms with Crippen molar-refractivity contribution in [3.05, 3.63) is 63.8 Å². The van der Waals surface area contributed by atoms with Crippen molar-refractivity contribution in [2.75, 3.05) is 12.4 Å². The van der Waals surface area contributed by atoms with Crippen LogP contribution in [0.3, 0.4) is 0 Å². The van der Waals surface area contributed by atoms with Gasteiger partial charge in [0, 0.05) is 11.8 Å². The Balaban J connectivity index is 1.55. The molecule has 0 unspecified atom stereocenters. The van der Waals surface area contributed by atoms with E-state index < -0.39 is 5.97 Å². The number of H-pyrrole nitrogens is 1. The number of benzene rings is 1. The summed E-state index contributed by atoms with van der Waals surface area (Å²) in [6.07, 6.45) is 0. The van der Waals surface area contributed by atoms with Gasteiger partial charge in [-0.05, 0) is 35.7 Å². The summed E-state index contributed by atoms with van der Waals surface area (Å²) in [7, 11) is 0. The van der Waals surface area contributed by atoms with E-state index in [1.165, 1.54) is 41.3 Å². The smallest absolute Gasteiger partial charge is 0.335 e. The quantitative estimate of drug-likeness (QED) is 0.374. The zero-order chi connectivity index (χ0) is 17.6. The Morgan fingerprint density at radius 2 is 2.08 bits per heavy atom. The molecule has 0 fully saturated rings. The minimum atomic E-state index is -0.970. The highest BCUT2D eigenvalue weighted by atomic mass is 32.2. The molecule has 25 heavy (non-hydrogen) atoms. The van der Waals surface area contributed by atoms with Gasteiger partial charge in [-0.1, -0.05) is 17.8 Å². The molecule has 3 aromatic rings. The van der Waals surface area contributed by atoms with Crippen LogP contribution in [-0.2, 0) is 0 Å². The SMILES string of the molecule is O=C(O)c1ccc(OCCSc2nc(-c3cccs3)cc(=O)[nH]2)cc1. The van der Waals surface area contributed by atoms with Gasteiger partial charge >= 0.3 is 5.97 Å². The molecule has 8 heteroatoms. The molecule has 0 aliphatic heterocycles. The summed E-state index contributed by atoms with van der Waals surface area (Å²) in [5, 5.41) is 11.3. The summed E-state index contributed by atoms with van der Waals surface area (Å²) >= 11 is 2.92. The van der Waals surface area contributed by atoms with Crippen molar-refractivity contribution >= 4 is 29.1 Å². The number of hydrogen-bond donors (Lipinski definition) is 2. The van der Waals surface area contributed by atoms with E-state index in [0.29, 0.717) is 29.0 Å². The number of ether oxygens (including phenoxy) is 1. The Morgan fingerprint density at radius 1 is 1.28 bits per heavy atom. The molecule has 128 valence electrons. The summed E-state index contributed by atoms with van der Waals surface area (Å²) in [5.41, 5.74) is 0.686. The lowest BCUT2D eigenvalue weighted by Gasteiger charge is -2.06. The van der Waals surface area contributed by atoms with E-state index in [0.717, 1.165) is 4.88 Å². The molecule has 0 aliphatic carbocycles. The topological polar surface area (TPSA) is 92.3 Å². The Bertz CT molecular complexity index is 905. The summed E-state index contributed by atoms with van der Waals surface area (Å²) in [6, 6.07) is 11.5. The van der Waals surface area contributed by atoms with E-state index >= 15 is 0 Å². The van der Waals surface area contributed by atoms with Gasteiger partial charge in [0.25, 0.3) is 5.56 Å². The van der Waals surface area contributed by atoms with Crippen LogP contribution in [0.15, 0.2) is 57.8 Å². The van der Waals surface area contributed by atoms with Crippen LogP contribution in [0.4, 0.5) is 0 Å². The summed E-state index contributed by atoms with van der Waals surface area (Å²) in [5.74, 6) is 0.222. The van der Waals surface area contributed by atoms with Crippen molar-refractivity contribution in [2.24, 2.45) is 0 Å². The second kappa shape index (κ2) is 8.00. The van der Waals surface area contributed by atoms with Crippen LogP contribution in [0.25, 0.3) is 10.6 Å². The third kappa shape index (κ3) is 4.71. The molecule has 6 nitrogen and oxygen atoms in total. The predicted molar refractivity (Wildman–Crippen MR) is 97.8 cm³/mol. The largest absolute Gasteiger partial charge is 0.493 e.